The molecule has 4 heteroatoms. The summed E-state index contributed by atoms with van der Waals surface area (Å²) < 4.78 is 5.96. The molecule has 112 valence electrons. The van der Waals surface area contributed by atoms with Crippen LogP contribution in [0.25, 0.3) is 0 Å². The maximum atomic E-state index is 9.37. The Balaban J connectivity index is 2.22. The van der Waals surface area contributed by atoms with E-state index in [1.807, 2.05) is 42.5 Å². The quantitative estimate of drug-likeness (QED) is 0.756. The third kappa shape index (κ3) is 4.46. The minimum atomic E-state index is -0.0484. The van der Waals surface area contributed by atoms with Crippen molar-refractivity contribution in [1.82, 2.24) is 5.32 Å². The van der Waals surface area contributed by atoms with E-state index in [9.17, 15) is 5.11 Å². The SMILES string of the molecule is CCCNCc1cc(Cl)ccc1Oc1ccccc1CO. The number of nitrogens with one attached hydrogen (secondary N) is 1. The molecule has 0 bridgehead atoms. The lowest BCUT2D eigenvalue weighted by Crippen LogP contribution is -2.14. The fourth-order valence-electron chi connectivity index (χ4n) is 2.04. The zero-order valence-corrected chi connectivity index (χ0v) is 12.9. The second kappa shape index (κ2) is 8.03. The highest BCUT2D eigenvalue weighted by molar-refractivity contribution is 6.30. The average Bonchev–Trinajstić information content (AvgIpc) is 2.50. The molecule has 21 heavy (non-hydrogen) atoms. The molecule has 0 aliphatic heterocycles. The van der Waals surface area contributed by atoms with Gasteiger partial charge in [-0.2, -0.15) is 0 Å². The van der Waals surface area contributed by atoms with Crippen LogP contribution in [0.3, 0.4) is 0 Å². The Hall–Kier alpha value is -1.55. The molecule has 0 saturated heterocycles. The third-order valence-corrected chi connectivity index (χ3v) is 3.36. The van der Waals surface area contributed by atoms with Crippen molar-refractivity contribution < 1.29 is 9.84 Å². The number of hydrogen-bond acceptors (Lipinski definition) is 3. The first-order valence-electron chi connectivity index (χ1n) is 7.10. The highest BCUT2D eigenvalue weighted by Crippen LogP contribution is 2.30. The van der Waals surface area contributed by atoms with Crippen molar-refractivity contribution in [2.24, 2.45) is 0 Å². The summed E-state index contributed by atoms with van der Waals surface area (Å²) in [4.78, 5) is 0. The molecule has 0 spiro atoms. The highest BCUT2D eigenvalue weighted by Gasteiger charge is 2.08. The van der Waals surface area contributed by atoms with Crippen LogP contribution in [0.2, 0.25) is 5.02 Å². The number of hydrogen-bond donors (Lipinski definition) is 2. The zero-order chi connectivity index (χ0) is 15.1. The molecule has 2 N–H and O–H groups in total. The lowest BCUT2D eigenvalue weighted by Gasteiger charge is -2.14. The van der Waals surface area contributed by atoms with Gasteiger partial charge in [0.1, 0.15) is 11.5 Å². The van der Waals surface area contributed by atoms with Crippen LogP contribution < -0.4 is 10.1 Å². The van der Waals surface area contributed by atoms with Crippen molar-refractivity contribution >= 4 is 11.6 Å². The summed E-state index contributed by atoms with van der Waals surface area (Å²) in [6.07, 6.45) is 1.07. The van der Waals surface area contributed by atoms with Crippen LogP contribution in [0.4, 0.5) is 0 Å². The van der Waals surface area contributed by atoms with Crippen LogP contribution in [0.1, 0.15) is 24.5 Å². The van der Waals surface area contributed by atoms with Crippen molar-refractivity contribution in [1.29, 1.82) is 0 Å². The summed E-state index contributed by atoms with van der Waals surface area (Å²) >= 11 is 6.07. The molecule has 3 nitrogen and oxygen atoms in total. The molecule has 0 amide bonds. The predicted molar refractivity (Wildman–Crippen MR) is 85.9 cm³/mol. The van der Waals surface area contributed by atoms with Crippen LogP contribution in [-0.4, -0.2) is 11.7 Å². The lowest BCUT2D eigenvalue weighted by molar-refractivity contribution is 0.276. The Bertz CT molecular complexity index is 587. The number of rotatable bonds is 7. The van der Waals surface area contributed by atoms with Gasteiger partial charge in [0, 0.05) is 22.7 Å². The van der Waals surface area contributed by atoms with E-state index in [4.69, 9.17) is 16.3 Å². The highest BCUT2D eigenvalue weighted by atomic mass is 35.5. The smallest absolute Gasteiger partial charge is 0.132 e. The number of benzene rings is 2. The van der Waals surface area contributed by atoms with E-state index >= 15 is 0 Å². The van der Waals surface area contributed by atoms with Crippen LogP contribution in [0.5, 0.6) is 11.5 Å². The molecule has 0 fully saturated rings. The molecule has 2 aromatic rings. The monoisotopic (exact) mass is 305 g/mol. The van der Waals surface area contributed by atoms with Gasteiger partial charge in [0.05, 0.1) is 6.61 Å². The molecule has 0 unspecified atom stereocenters. The predicted octanol–water partition coefficient (Wildman–Crippen LogP) is 4.12. The van der Waals surface area contributed by atoms with E-state index in [1.165, 1.54) is 0 Å². The number of aliphatic hydroxyl groups excluding tert-OH is 1. The molecule has 0 heterocycles. The van der Waals surface area contributed by atoms with E-state index in [1.54, 1.807) is 0 Å². The van der Waals surface area contributed by atoms with Crippen LogP contribution in [0.15, 0.2) is 42.5 Å². The molecule has 0 aromatic heterocycles. The maximum Gasteiger partial charge on any atom is 0.132 e. The van der Waals surface area contributed by atoms with Crippen molar-refractivity contribution in [2.75, 3.05) is 6.54 Å². The molecule has 2 rings (SSSR count). The van der Waals surface area contributed by atoms with Gasteiger partial charge in [-0.15, -0.1) is 0 Å². The Labute approximate surface area is 130 Å². The van der Waals surface area contributed by atoms with Crippen molar-refractivity contribution in [2.45, 2.75) is 26.5 Å². The van der Waals surface area contributed by atoms with Crippen LogP contribution in [-0.2, 0) is 13.2 Å². The second-order valence-corrected chi connectivity index (χ2v) is 5.23. The van der Waals surface area contributed by atoms with Gasteiger partial charge >= 0.3 is 0 Å². The molecule has 0 aliphatic carbocycles. The normalized spacial score (nSPS) is 10.6. The summed E-state index contributed by atoms with van der Waals surface area (Å²) in [7, 11) is 0. The van der Waals surface area contributed by atoms with E-state index in [2.05, 4.69) is 12.2 Å². The molecule has 0 radical (unpaired) electrons. The van der Waals surface area contributed by atoms with Gasteiger partial charge in [-0.1, -0.05) is 36.7 Å². The Morgan fingerprint density at radius 1 is 1.10 bits per heavy atom. The first-order chi connectivity index (χ1) is 10.2. The molecular weight excluding hydrogens is 286 g/mol. The number of ether oxygens (including phenoxy) is 1. The van der Waals surface area contributed by atoms with E-state index < -0.39 is 0 Å². The van der Waals surface area contributed by atoms with Gasteiger partial charge in [0.25, 0.3) is 0 Å². The Morgan fingerprint density at radius 3 is 2.62 bits per heavy atom. The van der Waals surface area contributed by atoms with Crippen LogP contribution in [0, 0.1) is 0 Å². The average molecular weight is 306 g/mol. The molecule has 0 saturated carbocycles. The van der Waals surface area contributed by atoms with Gasteiger partial charge in [0.2, 0.25) is 0 Å². The molecule has 0 atom stereocenters. The van der Waals surface area contributed by atoms with Crippen molar-refractivity contribution in [3.63, 3.8) is 0 Å². The summed E-state index contributed by atoms with van der Waals surface area (Å²) in [5.74, 6) is 1.42. The Kier molecular flexibility index (Phi) is 6.05. The van der Waals surface area contributed by atoms with Crippen molar-refractivity contribution in [3.05, 3.63) is 58.6 Å². The fourth-order valence-corrected chi connectivity index (χ4v) is 2.23. The standard InChI is InChI=1S/C17H20ClNO2/c1-2-9-19-11-14-10-15(18)7-8-17(14)21-16-6-4-3-5-13(16)12-20/h3-8,10,19-20H,2,9,11-12H2,1H3. The number of halogens is 1. The van der Waals surface area contributed by atoms with E-state index in [0.29, 0.717) is 17.3 Å². The van der Waals surface area contributed by atoms with E-state index in [-0.39, 0.29) is 6.61 Å². The molecular formula is C17H20ClNO2. The van der Waals surface area contributed by atoms with Crippen LogP contribution >= 0.6 is 11.6 Å². The number of para-hydroxylation sites is 1. The fraction of sp³-hybridized carbons (Fsp3) is 0.294. The molecule has 0 aliphatic rings. The molecule has 2 aromatic carbocycles. The van der Waals surface area contributed by atoms with Gasteiger partial charge < -0.3 is 15.2 Å². The first kappa shape index (κ1) is 15.8. The zero-order valence-electron chi connectivity index (χ0n) is 12.1. The van der Waals surface area contributed by atoms with Gasteiger partial charge in [-0.3, -0.25) is 0 Å². The Morgan fingerprint density at radius 2 is 1.86 bits per heavy atom. The topological polar surface area (TPSA) is 41.5 Å². The largest absolute Gasteiger partial charge is 0.457 e. The summed E-state index contributed by atoms with van der Waals surface area (Å²) in [6.45, 7) is 3.72. The maximum absolute atomic E-state index is 9.37. The van der Waals surface area contributed by atoms with Gasteiger partial charge in [0.15, 0.2) is 0 Å². The van der Waals surface area contributed by atoms with Gasteiger partial charge in [-0.05, 0) is 37.2 Å². The summed E-state index contributed by atoms with van der Waals surface area (Å²) in [6, 6.07) is 13.0. The lowest BCUT2D eigenvalue weighted by atomic mass is 10.2. The van der Waals surface area contributed by atoms with Gasteiger partial charge in [-0.25, -0.2) is 0 Å². The first-order valence-corrected chi connectivity index (χ1v) is 7.48. The second-order valence-electron chi connectivity index (χ2n) is 4.80. The third-order valence-electron chi connectivity index (χ3n) is 3.13. The van der Waals surface area contributed by atoms with Crippen molar-refractivity contribution in [3.8, 4) is 11.5 Å². The minimum Gasteiger partial charge on any atom is -0.457 e. The van der Waals surface area contributed by atoms with E-state index in [0.717, 1.165) is 29.8 Å². The number of aliphatic hydroxyl groups is 1. The summed E-state index contributed by atoms with van der Waals surface area (Å²) in [5, 5.41) is 13.4. The summed E-state index contributed by atoms with van der Waals surface area (Å²) in [5.41, 5.74) is 1.77. The minimum absolute atomic E-state index is 0.0484.